The molecule has 0 saturated carbocycles. The Morgan fingerprint density at radius 3 is 2.52 bits per heavy atom. The van der Waals surface area contributed by atoms with Gasteiger partial charge in [-0.05, 0) is 37.1 Å². The maximum absolute atomic E-state index is 11.3. The van der Waals surface area contributed by atoms with Gasteiger partial charge in [-0.1, -0.05) is 19.1 Å². The van der Waals surface area contributed by atoms with Crippen molar-refractivity contribution in [3.63, 3.8) is 0 Å². The van der Waals surface area contributed by atoms with Crippen LogP contribution in [0.3, 0.4) is 0 Å². The lowest BCUT2D eigenvalue weighted by Crippen LogP contribution is -2.09. The number of carboxylic acids is 1. The highest BCUT2D eigenvalue weighted by atomic mass is 16.5. The third kappa shape index (κ3) is 3.39. The van der Waals surface area contributed by atoms with Gasteiger partial charge in [0.05, 0.1) is 6.61 Å². The molecule has 21 heavy (non-hydrogen) atoms. The maximum atomic E-state index is 11.3. The first-order chi connectivity index (χ1) is 10.0. The molecular weight excluding hydrogens is 270 g/mol. The Hall–Kier alpha value is -2.37. The van der Waals surface area contributed by atoms with E-state index in [4.69, 9.17) is 4.74 Å². The Morgan fingerprint density at radius 2 is 2.00 bits per heavy atom. The van der Waals surface area contributed by atoms with Crippen LogP contribution in [0.15, 0.2) is 24.3 Å². The monoisotopic (exact) mass is 289 g/mol. The smallest absolute Gasteiger partial charge is 0.358 e. The van der Waals surface area contributed by atoms with Crippen LogP contribution in [-0.2, 0) is 6.54 Å². The molecule has 0 saturated heterocycles. The summed E-state index contributed by atoms with van der Waals surface area (Å²) in [5.74, 6) is 0.0182. The summed E-state index contributed by atoms with van der Waals surface area (Å²) in [6.07, 6.45) is 0. The summed E-state index contributed by atoms with van der Waals surface area (Å²) < 4.78 is 7.04. The van der Waals surface area contributed by atoms with Crippen molar-refractivity contribution in [2.45, 2.75) is 27.3 Å². The van der Waals surface area contributed by atoms with Gasteiger partial charge in [-0.3, -0.25) is 0 Å². The van der Waals surface area contributed by atoms with Gasteiger partial charge in [-0.25, -0.2) is 9.48 Å². The first-order valence-corrected chi connectivity index (χ1v) is 6.93. The molecule has 1 heterocycles. The fraction of sp³-hybridized carbons (Fsp3) is 0.400. The first-order valence-electron chi connectivity index (χ1n) is 6.93. The standard InChI is InChI=1S/C15H19N3O3/c1-4-21-12-7-5-11(6-8-12)14-13(15(19)20)16-17-18(14)9-10(2)3/h5-8,10H,4,9H2,1-3H3,(H,19,20). The van der Waals surface area contributed by atoms with Crippen LogP contribution in [0, 0.1) is 5.92 Å². The molecule has 6 heteroatoms. The predicted molar refractivity (Wildman–Crippen MR) is 78.4 cm³/mol. The molecule has 0 amide bonds. The van der Waals surface area contributed by atoms with Gasteiger partial charge < -0.3 is 9.84 Å². The normalized spacial score (nSPS) is 10.9. The molecule has 0 aliphatic heterocycles. The lowest BCUT2D eigenvalue weighted by Gasteiger charge is -2.10. The number of carbonyl (C=O) groups is 1. The van der Waals surface area contributed by atoms with E-state index in [9.17, 15) is 9.90 Å². The van der Waals surface area contributed by atoms with Gasteiger partial charge in [0.1, 0.15) is 11.4 Å². The molecule has 0 aliphatic rings. The van der Waals surface area contributed by atoms with E-state index in [1.54, 1.807) is 4.68 Å². The topological polar surface area (TPSA) is 77.2 Å². The van der Waals surface area contributed by atoms with E-state index in [-0.39, 0.29) is 5.69 Å². The van der Waals surface area contributed by atoms with Crippen LogP contribution in [0.1, 0.15) is 31.3 Å². The van der Waals surface area contributed by atoms with Crippen molar-refractivity contribution in [2.75, 3.05) is 6.61 Å². The van der Waals surface area contributed by atoms with E-state index in [1.165, 1.54) is 0 Å². The van der Waals surface area contributed by atoms with E-state index in [2.05, 4.69) is 10.3 Å². The number of carboxylic acid groups (broad SMARTS) is 1. The fourth-order valence-corrected chi connectivity index (χ4v) is 2.09. The van der Waals surface area contributed by atoms with Crippen LogP contribution in [0.25, 0.3) is 11.3 Å². The summed E-state index contributed by atoms with van der Waals surface area (Å²) in [6, 6.07) is 7.29. The van der Waals surface area contributed by atoms with Gasteiger partial charge in [-0.2, -0.15) is 0 Å². The number of nitrogens with zero attached hydrogens (tertiary/aromatic N) is 3. The van der Waals surface area contributed by atoms with Gasteiger partial charge in [0, 0.05) is 12.1 Å². The number of hydrogen-bond donors (Lipinski definition) is 1. The van der Waals surface area contributed by atoms with Crippen molar-refractivity contribution in [3.8, 4) is 17.0 Å². The van der Waals surface area contributed by atoms with Gasteiger partial charge >= 0.3 is 5.97 Å². The van der Waals surface area contributed by atoms with Crippen molar-refractivity contribution in [1.82, 2.24) is 15.0 Å². The second kappa shape index (κ2) is 6.39. The summed E-state index contributed by atoms with van der Waals surface area (Å²) in [7, 11) is 0. The molecule has 1 aromatic heterocycles. The predicted octanol–water partition coefficient (Wildman–Crippen LogP) is 2.70. The first kappa shape index (κ1) is 15.0. The van der Waals surface area contributed by atoms with Gasteiger partial charge in [0.2, 0.25) is 0 Å². The van der Waals surface area contributed by atoms with E-state index in [0.717, 1.165) is 11.3 Å². The van der Waals surface area contributed by atoms with E-state index < -0.39 is 5.97 Å². The molecule has 0 unspecified atom stereocenters. The zero-order valence-corrected chi connectivity index (χ0v) is 12.4. The zero-order chi connectivity index (χ0) is 15.4. The van der Waals surface area contributed by atoms with Crippen LogP contribution in [0.4, 0.5) is 0 Å². The Labute approximate surface area is 123 Å². The Balaban J connectivity index is 2.44. The third-order valence-electron chi connectivity index (χ3n) is 2.91. The fourth-order valence-electron chi connectivity index (χ4n) is 2.09. The SMILES string of the molecule is CCOc1ccc(-c2c(C(=O)O)nnn2CC(C)C)cc1. The highest BCUT2D eigenvalue weighted by Gasteiger charge is 2.20. The molecular formula is C15H19N3O3. The van der Waals surface area contributed by atoms with E-state index >= 15 is 0 Å². The molecule has 0 bridgehead atoms. The number of benzene rings is 1. The minimum atomic E-state index is -1.08. The minimum absolute atomic E-state index is 0.0280. The molecule has 2 rings (SSSR count). The van der Waals surface area contributed by atoms with Crippen LogP contribution in [-0.4, -0.2) is 32.7 Å². The average Bonchev–Trinajstić information content (AvgIpc) is 2.83. The van der Waals surface area contributed by atoms with Crippen LogP contribution in [0.5, 0.6) is 5.75 Å². The second-order valence-corrected chi connectivity index (χ2v) is 5.13. The molecule has 0 aliphatic carbocycles. The number of rotatable bonds is 6. The molecule has 0 atom stereocenters. The number of aromatic nitrogens is 3. The average molecular weight is 289 g/mol. The van der Waals surface area contributed by atoms with Crippen molar-refractivity contribution < 1.29 is 14.6 Å². The number of hydrogen-bond acceptors (Lipinski definition) is 4. The largest absolute Gasteiger partial charge is 0.494 e. The summed E-state index contributed by atoms with van der Waals surface area (Å²) in [5.41, 5.74) is 1.26. The van der Waals surface area contributed by atoms with Crippen LogP contribution >= 0.6 is 0 Å². The lowest BCUT2D eigenvalue weighted by atomic mass is 10.1. The van der Waals surface area contributed by atoms with E-state index in [0.29, 0.717) is 24.8 Å². The van der Waals surface area contributed by atoms with Gasteiger partial charge in [0.15, 0.2) is 5.69 Å². The Bertz CT molecular complexity index is 618. The summed E-state index contributed by atoms with van der Waals surface area (Å²) in [6.45, 7) is 7.21. The molecule has 0 fully saturated rings. The number of ether oxygens (including phenoxy) is 1. The Kier molecular flexibility index (Phi) is 4.57. The van der Waals surface area contributed by atoms with Crippen molar-refractivity contribution in [1.29, 1.82) is 0 Å². The maximum Gasteiger partial charge on any atom is 0.358 e. The van der Waals surface area contributed by atoms with Gasteiger partial charge in [0.25, 0.3) is 0 Å². The Morgan fingerprint density at radius 1 is 1.33 bits per heavy atom. The summed E-state index contributed by atoms with van der Waals surface area (Å²) in [4.78, 5) is 11.3. The van der Waals surface area contributed by atoms with Crippen molar-refractivity contribution in [3.05, 3.63) is 30.0 Å². The van der Waals surface area contributed by atoms with Crippen molar-refractivity contribution in [2.24, 2.45) is 5.92 Å². The lowest BCUT2D eigenvalue weighted by molar-refractivity contribution is 0.0691. The third-order valence-corrected chi connectivity index (χ3v) is 2.91. The van der Waals surface area contributed by atoms with Crippen LogP contribution in [0.2, 0.25) is 0 Å². The molecule has 6 nitrogen and oxygen atoms in total. The molecule has 1 N–H and O–H groups in total. The molecule has 1 aromatic carbocycles. The minimum Gasteiger partial charge on any atom is -0.494 e. The molecule has 0 spiro atoms. The molecule has 0 radical (unpaired) electrons. The van der Waals surface area contributed by atoms with Crippen LogP contribution < -0.4 is 4.74 Å². The zero-order valence-electron chi connectivity index (χ0n) is 12.4. The summed E-state index contributed by atoms with van der Waals surface area (Å²) >= 11 is 0. The summed E-state index contributed by atoms with van der Waals surface area (Å²) in [5, 5.41) is 17.0. The molecule has 2 aromatic rings. The van der Waals surface area contributed by atoms with Crippen molar-refractivity contribution >= 4 is 5.97 Å². The quantitative estimate of drug-likeness (QED) is 0.884. The highest BCUT2D eigenvalue weighted by Crippen LogP contribution is 2.25. The molecule has 112 valence electrons. The van der Waals surface area contributed by atoms with E-state index in [1.807, 2.05) is 45.0 Å². The van der Waals surface area contributed by atoms with Gasteiger partial charge in [-0.15, -0.1) is 5.10 Å². The highest BCUT2D eigenvalue weighted by molar-refractivity contribution is 5.92. The number of aromatic carboxylic acids is 1. The second-order valence-electron chi connectivity index (χ2n) is 5.13.